The van der Waals surface area contributed by atoms with Crippen LogP contribution in [0.25, 0.3) is 0 Å². The SMILES string of the molecule is CC1CCN(C(=O)C2CSCN2)CC1C. The predicted molar refractivity (Wildman–Crippen MR) is 63.8 cm³/mol. The lowest BCUT2D eigenvalue weighted by molar-refractivity contribution is -0.135. The van der Waals surface area contributed by atoms with Gasteiger partial charge < -0.3 is 4.90 Å². The van der Waals surface area contributed by atoms with Crippen molar-refractivity contribution in [3.05, 3.63) is 0 Å². The summed E-state index contributed by atoms with van der Waals surface area (Å²) in [7, 11) is 0. The van der Waals surface area contributed by atoms with Gasteiger partial charge in [-0.05, 0) is 18.3 Å². The average Bonchev–Trinajstić information content (AvgIpc) is 2.74. The minimum atomic E-state index is 0.0793. The Labute approximate surface area is 96.0 Å². The number of likely N-dealkylation sites (tertiary alicyclic amines) is 1. The first-order valence-corrected chi connectivity index (χ1v) is 6.94. The minimum absolute atomic E-state index is 0.0793. The zero-order chi connectivity index (χ0) is 10.8. The lowest BCUT2D eigenvalue weighted by Crippen LogP contribution is -2.49. The third-order valence-corrected chi connectivity index (χ3v) is 4.60. The summed E-state index contributed by atoms with van der Waals surface area (Å²) in [5.41, 5.74) is 0. The number of rotatable bonds is 1. The zero-order valence-electron chi connectivity index (χ0n) is 9.53. The van der Waals surface area contributed by atoms with Gasteiger partial charge in [0.15, 0.2) is 0 Å². The van der Waals surface area contributed by atoms with E-state index < -0.39 is 0 Å². The van der Waals surface area contributed by atoms with E-state index in [0.29, 0.717) is 11.8 Å². The molecule has 3 atom stereocenters. The van der Waals surface area contributed by atoms with Gasteiger partial charge in [0.2, 0.25) is 5.91 Å². The summed E-state index contributed by atoms with van der Waals surface area (Å²) in [5.74, 6) is 3.60. The highest BCUT2D eigenvalue weighted by Crippen LogP contribution is 2.23. The van der Waals surface area contributed by atoms with Crippen LogP contribution < -0.4 is 5.32 Å². The lowest BCUT2D eigenvalue weighted by Gasteiger charge is -2.36. The standard InChI is InChI=1S/C11H20N2OS/c1-8-3-4-13(5-9(8)2)11(14)10-6-15-7-12-10/h8-10,12H,3-7H2,1-2H3. The molecule has 15 heavy (non-hydrogen) atoms. The molecule has 2 fully saturated rings. The van der Waals surface area contributed by atoms with Crippen molar-refractivity contribution in [2.75, 3.05) is 24.7 Å². The molecule has 0 aromatic rings. The van der Waals surface area contributed by atoms with Crippen LogP contribution in [0.1, 0.15) is 20.3 Å². The smallest absolute Gasteiger partial charge is 0.240 e. The molecule has 0 aromatic heterocycles. The van der Waals surface area contributed by atoms with Gasteiger partial charge in [-0.1, -0.05) is 13.8 Å². The number of hydrogen-bond acceptors (Lipinski definition) is 3. The van der Waals surface area contributed by atoms with E-state index in [-0.39, 0.29) is 6.04 Å². The number of nitrogens with zero attached hydrogens (tertiary/aromatic N) is 1. The summed E-state index contributed by atoms with van der Waals surface area (Å²) in [6, 6.07) is 0.0793. The first kappa shape index (κ1) is 11.3. The number of carbonyl (C=O) groups is 1. The fourth-order valence-corrected chi connectivity index (χ4v) is 3.17. The highest BCUT2D eigenvalue weighted by Gasteiger charge is 2.31. The molecular weight excluding hydrogens is 208 g/mol. The van der Waals surface area contributed by atoms with E-state index in [0.717, 1.165) is 37.1 Å². The van der Waals surface area contributed by atoms with Crippen LogP contribution in [-0.2, 0) is 4.79 Å². The van der Waals surface area contributed by atoms with Crippen molar-refractivity contribution in [3.8, 4) is 0 Å². The Morgan fingerprint density at radius 3 is 2.80 bits per heavy atom. The van der Waals surface area contributed by atoms with Crippen LogP contribution in [0, 0.1) is 11.8 Å². The number of thioether (sulfide) groups is 1. The van der Waals surface area contributed by atoms with Gasteiger partial charge in [-0.25, -0.2) is 0 Å². The number of carbonyl (C=O) groups excluding carboxylic acids is 1. The van der Waals surface area contributed by atoms with Crippen molar-refractivity contribution in [1.82, 2.24) is 10.2 Å². The molecule has 0 aromatic carbocycles. The Kier molecular flexibility index (Phi) is 3.57. The molecule has 1 N–H and O–H groups in total. The minimum Gasteiger partial charge on any atom is -0.341 e. The molecule has 0 bridgehead atoms. The lowest BCUT2D eigenvalue weighted by atomic mass is 9.88. The van der Waals surface area contributed by atoms with Crippen LogP contribution in [0.3, 0.4) is 0 Å². The Hall–Kier alpha value is -0.220. The normalized spacial score (nSPS) is 36.9. The Bertz CT molecular complexity index is 241. The van der Waals surface area contributed by atoms with E-state index in [4.69, 9.17) is 0 Å². The van der Waals surface area contributed by atoms with Crippen LogP contribution in [-0.4, -0.2) is 41.6 Å². The monoisotopic (exact) mass is 228 g/mol. The maximum absolute atomic E-state index is 12.1. The molecule has 3 unspecified atom stereocenters. The number of nitrogens with one attached hydrogen (secondary N) is 1. The molecule has 0 spiro atoms. The van der Waals surface area contributed by atoms with Crippen LogP contribution in [0.15, 0.2) is 0 Å². The van der Waals surface area contributed by atoms with Crippen LogP contribution in [0.2, 0.25) is 0 Å². The summed E-state index contributed by atoms with van der Waals surface area (Å²) in [6.07, 6.45) is 1.16. The molecule has 0 aliphatic carbocycles. The molecule has 2 saturated heterocycles. The second-order valence-corrected chi connectivity index (χ2v) is 5.83. The summed E-state index contributed by atoms with van der Waals surface area (Å²) in [4.78, 5) is 14.2. The van der Waals surface area contributed by atoms with E-state index in [1.165, 1.54) is 0 Å². The van der Waals surface area contributed by atoms with Gasteiger partial charge in [0.1, 0.15) is 0 Å². The van der Waals surface area contributed by atoms with Crippen molar-refractivity contribution in [1.29, 1.82) is 0 Å². The first-order chi connectivity index (χ1) is 7.18. The van der Waals surface area contributed by atoms with Gasteiger partial charge in [-0.2, -0.15) is 0 Å². The largest absolute Gasteiger partial charge is 0.341 e. The number of hydrogen-bond donors (Lipinski definition) is 1. The van der Waals surface area contributed by atoms with Gasteiger partial charge in [0, 0.05) is 24.7 Å². The van der Waals surface area contributed by atoms with E-state index in [9.17, 15) is 4.79 Å². The summed E-state index contributed by atoms with van der Waals surface area (Å²) in [6.45, 7) is 6.44. The van der Waals surface area contributed by atoms with Gasteiger partial charge in [-0.15, -0.1) is 11.8 Å². The van der Waals surface area contributed by atoms with Crippen molar-refractivity contribution >= 4 is 17.7 Å². The van der Waals surface area contributed by atoms with E-state index >= 15 is 0 Å². The summed E-state index contributed by atoms with van der Waals surface area (Å²) < 4.78 is 0. The maximum atomic E-state index is 12.1. The molecule has 2 heterocycles. The molecule has 2 aliphatic rings. The summed E-state index contributed by atoms with van der Waals surface area (Å²) >= 11 is 1.82. The van der Waals surface area contributed by atoms with Crippen LogP contribution >= 0.6 is 11.8 Å². The first-order valence-electron chi connectivity index (χ1n) is 5.78. The molecule has 2 rings (SSSR count). The van der Waals surface area contributed by atoms with Gasteiger partial charge in [0.25, 0.3) is 0 Å². The molecular formula is C11H20N2OS. The average molecular weight is 228 g/mol. The Morgan fingerprint density at radius 2 is 2.20 bits per heavy atom. The van der Waals surface area contributed by atoms with Gasteiger partial charge in [-0.3, -0.25) is 10.1 Å². The van der Waals surface area contributed by atoms with Gasteiger partial charge in [0.05, 0.1) is 6.04 Å². The molecule has 3 nitrogen and oxygen atoms in total. The molecule has 86 valence electrons. The van der Waals surface area contributed by atoms with E-state index in [1.54, 1.807) is 0 Å². The fourth-order valence-electron chi connectivity index (χ4n) is 2.24. The topological polar surface area (TPSA) is 32.3 Å². The van der Waals surface area contributed by atoms with Crippen LogP contribution in [0.4, 0.5) is 0 Å². The molecule has 4 heteroatoms. The van der Waals surface area contributed by atoms with Crippen molar-refractivity contribution in [2.24, 2.45) is 11.8 Å². The zero-order valence-corrected chi connectivity index (χ0v) is 10.3. The fraction of sp³-hybridized carbons (Fsp3) is 0.909. The third-order valence-electron chi connectivity index (χ3n) is 3.66. The molecule has 2 aliphatic heterocycles. The maximum Gasteiger partial charge on any atom is 0.240 e. The molecule has 1 amide bonds. The highest BCUT2D eigenvalue weighted by atomic mass is 32.2. The third kappa shape index (κ3) is 2.48. The van der Waals surface area contributed by atoms with E-state index in [1.807, 2.05) is 16.7 Å². The number of piperidine rings is 1. The van der Waals surface area contributed by atoms with Crippen molar-refractivity contribution in [3.63, 3.8) is 0 Å². The predicted octanol–water partition coefficient (Wildman–Crippen LogP) is 1.15. The van der Waals surface area contributed by atoms with E-state index in [2.05, 4.69) is 19.2 Å². The number of amides is 1. The molecule has 0 saturated carbocycles. The highest BCUT2D eigenvalue weighted by molar-refractivity contribution is 7.99. The molecule has 0 radical (unpaired) electrons. The van der Waals surface area contributed by atoms with Crippen molar-refractivity contribution < 1.29 is 4.79 Å². The Balaban J connectivity index is 1.90. The second kappa shape index (κ2) is 4.74. The quantitative estimate of drug-likeness (QED) is 0.731. The van der Waals surface area contributed by atoms with Gasteiger partial charge >= 0.3 is 0 Å². The van der Waals surface area contributed by atoms with Crippen molar-refractivity contribution in [2.45, 2.75) is 26.3 Å². The second-order valence-electron chi connectivity index (χ2n) is 4.80. The van der Waals surface area contributed by atoms with Crippen LogP contribution in [0.5, 0.6) is 0 Å². The Morgan fingerprint density at radius 1 is 1.40 bits per heavy atom. The summed E-state index contributed by atoms with van der Waals surface area (Å²) in [5, 5.41) is 3.25.